The Balaban J connectivity index is 1.43. The first-order chi connectivity index (χ1) is 15.0. The number of carbonyl (C=O) groups excluding carboxylic acids is 1. The second kappa shape index (κ2) is 8.62. The van der Waals surface area contributed by atoms with Gasteiger partial charge in [-0.1, -0.05) is 30.3 Å². The standard InChI is InChI=1S/C22H31NO9/c1-20(2)27-12-15(29-20)16-22(25,17-19(28-16)32-21(3,4)30-17)31-18(24)14(23)11-26-10-13-8-6-5-7-9-13/h5-9,14-17,19,25H,10-12,23H2,1-4H3/t14-,15+,16+,17-,19?,22-/m0/s1. The van der Waals surface area contributed by atoms with Gasteiger partial charge in [-0.15, -0.1) is 0 Å². The van der Waals surface area contributed by atoms with Gasteiger partial charge in [0, 0.05) is 0 Å². The maximum atomic E-state index is 12.8. The predicted octanol–water partition coefficient (Wildman–Crippen LogP) is 0.790. The first kappa shape index (κ1) is 23.5. The van der Waals surface area contributed by atoms with Crippen LogP contribution in [0.1, 0.15) is 33.3 Å². The number of rotatable bonds is 7. The summed E-state index contributed by atoms with van der Waals surface area (Å²) in [5.41, 5.74) is 6.91. The fraction of sp³-hybridized carbons (Fsp3) is 0.682. The van der Waals surface area contributed by atoms with Crippen molar-refractivity contribution >= 4 is 5.97 Å². The molecule has 10 heteroatoms. The Morgan fingerprint density at radius 3 is 2.50 bits per heavy atom. The number of ether oxygens (including phenoxy) is 7. The Morgan fingerprint density at radius 1 is 1.12 bits per heavy atom. The Hall–Kier alpha value is -1.63. The average Bonchev–Trinajstić information content (AvgIpc) is 3.31. The fourth-order valence-electron chi connectivity index (χ4n) is 4.03. The summed E-state index contributed by atoms with van der Waals surface area (Å²) in [5.74, 6) is -4.96. The molecule has 0 aromatic heterocycles. The highest BCUT2D eigenvalue weighted by atomic mass is 16.9. The third-order valence-electron chi connectivity index (χ3n) is 5.50. The summed E-state index contributed by atoms with van der Waals surface area (Å²) in [6.07, 6.45) is -3.85. The third kappa shape index (κ3) is 4.82. The van der Waals surface area contributed by atoms with Crippen molar-refractivity contribution in [3.63, 3.8) is 0 Å². The van der Waals surface area contributed by atoms with E-state index in [4.69, 9.17) is 38.9 Å². The lowest BCUT2D eigenvalue weighted by Gasteiger charge is -2.35. The molecule has 0 amide bonds. The summed E-state index contributed by atoms with van der Waals surface area (Å²) < 4.78 is 39.9. The van der Waals surface area contributed by atoms with Crippen LogP contribution in [0, 0.1) is 0 Å². The zero-order chi connectivity index (χ0) is 23.1. The van der Waals surface area contributed by atoms with E-state index in [-0.39, 0.29) is 19.8 Å². The van der Waals surface area contributed by atoms with Gasteiger partial charge in [-0.05, 0) is 33.3 Å². The molecule has 1 unspecified atom stereocenters. The molecule has 3 aliphatic rings. The molecule has 3 saturated heterocycles. The largest absolute Gasteiger partial charge is 0.426 e. The second-order valence-electron chi connectivity index (χ2n) is 9.13. The highest BCUT2D eigenvalue weighted by Gasteiger charge is 2.69. The van der Waals surface area contributed by atoms with Crippen LogP contribution in [0.15, 0.2) is 30.3 Å². The molecule has 3 heterocycles. The molecule has 1 aromatic carbocycles. The van der Waals surface area contributed by atoms with Crippen molar-refractivity contribution in [2.75, 3.05) is 13.2 Å². The van der Waals surface area contributed by atoms with Gasteiger partial charge in [0.1, 0.15) is 12.1 Å². The first-order valence-electron chi connectivity index (χ1n) is 10.6. The maximum absolute atomic E-state index is 12.8. The lowest BCUT2D eigenvalue weighted by atomic mass is 10.0. The molecule has 0 saturated carbocycles. The van der Waals surface area contributed by atoms with Crippen LogP contribution < -0.4 is 5.73 Å². The van der Waals surface area contributed by atoms with Gasteiger partial charge in [0.2, 0.25) is 0 Å². The van der Waals surface area contributed by atoms with Gasteiger partial charge in [0.15, 0.2) is 30.1 Å². The molecule has 3 aliphatic heterocycles. The molecule has 3 fully saturated rings. The normalized spacial score (nSPS) is 36.1. The molecule has 0 spiro atoms. The molecule has 1 aromatic rings. The molecule has 0 bridgehead atoms. The number of benzene rings is 1. The van der Waals surface area contributed by atoms with Gasteiger partial charge < -0.3 is 44.0 Å². The minimum absolute atomic E-state index is 0.0949. The number of carbonyl (C=O) groups is 1. The van der Waals surface area contributed by atoms with E-state index in [1.807, 2.05) is 30.3 Å². The number of nitrogens with two attached hydrogens (primary N) is 1. The highest BCUT2D eigenvalue weighted by molar-refractivity contribution is 5.76. The van der Waals surface area contributed by atoms with Gasteiger partial charge in [-0.25, -0.2) is 0 Å². The fourth-order valence-corrected chi connectivity index (χ4v) is 4.03. The van der Waals surface area contributed by atoms with Crippen LogP contribution in [0.2, 0.25) is 0 Å². The van der Waals surface area contributed by atoms with Crippen molar-refractivity contribution in [1.29, 1.82) is 0 Å². The van der Waals surface area contributed by atoms with Crippen LogP contribution in [0.3, 0.4) is 0 Å². The summed E-state index contributed by atoms with van der Waals surface area (Å²) in [6, 6.07) is 8.35. The zero-order valence-electron chi connectivity index (χ0n) is 18.7. The van der Waals surface area contributed by atoms with Crippen LogP contribution in [0.4, 0.5) is 0 Å². The summed E-state index contributed by atoms with van der Waals surface area (Å²) in [5, 5.41) is 11.5. The van der Waals surface area contributed by atoms with Crippen molar-refractivity contribution in [1.82, 2.24) is 0 Å². The van der Waals surface area contributed by atoms with E-state index in [1.165, 1.54) is 0 Å². The molecule has 4 rings (SSSR count). The van der Waals surface area contributed by atoms with E-state index in [2.05, 4.69) is 0 Å². The van der Waals surface area contributed by atoms with E-state index in [9.17, 15) is 9.90 Å². The van der Waals surface area contributed by atoms with Crippen molar-refractivity contribution in [3.8, 4) is 0 Å². The maximum Gasteiger partial charge on any atom is 0.328 e. The minimum atomic E-state index is -2.19. The van der Waals surface area contributed by atoms with Crippen LogP contribution in [0.25, 0.3) is 0 Å². The van der Waals surface area contributed by atoms with E-state index in [0.29, 0.717) is 0 Å². The van der Waals surface area contributed by atoms with Crippen LogP contribution in [0.5, 0.6) is 0 Å². The molecular formula is C22H31NO9. The Bertz CT molecular complexity index is 817. The van der Waals surface area contributed by atoms with E-state index >= 15 is 0 Å². The number of hydrogen-bond acceptors (Lipinski definition) is 10. The SMILES string of the molecule is CC1(C)OC[C@H]([C@H]2OC3OC(C)(C)O[C@@H]3[C@@]2(O)OC(=O)[C@@H](N)COCc2ccccc2)O1. The van der Waals surface area contributed by atoms with E-state index < -0.39 is 54.0 Å². The van der Waals surface area contributed by atoms with Gasteiger partial charge in [0.25, 0.3) is 5.79 Å². The zero-order valence-corrected chi connectivity index (χ0v) is 18.7. The number of hydrogen-bond donors (Lipinski definition) is 2. The molecule has 3 N–H and O–H groups in total. The molecule has 10 nitrogen and oxygen atoms in total. The lowest BCUT2D eigenvalue weighted by molar-refractivity contribution is -0.303. The first-order valence-corrected chi connectivity index (χ1v) is 10.6. The van der Waals surface area contributed by atoms with Gasteiger partial charge >= 0.3 is 5.97 Å². The Kier molecular flexibility index (Phi) is 6.34. The Labute approximate surface area is 186 Å². The summed E-state index contributed by atoms with van der Waals surface area (Å²) in [6.45, 7) is 7.15. The smallest absolute Gasteiger partial charge is 0.328 e. The summed E-state index contributed by atoms with van der Waals surface area (Å²) in [7, 11) is 0. The van der Waals surface area contributed by atoms with Crippen molar-refractivity contribution in [2.24, 2.45) is 5.73 Å². The molecule has 6 atom stereocenters. The van der Waals surface area contributed by atoms with Gasteiger partial charge in [-0.3, -0.25) is 4.79 Å². The molecular weight excluding hydrogens is 422 g/mol. The molecule has 32 heavy (non-hydrogen) atoms. The van der Waals surface area contributed by atoms with Gasteiger partial charge in [0.05, 0.1) is 19.8 Å². The highest BCUT2D eigenvalue weighted by Crippen LogP contribution is 2.46. The third-order valence-corrected chi connectivity index (χ3v) is 5.50. The Morgan fingerprint density at radius 2 is 1.84 bits per heavy atom. The monoisotopic (exact) mass is 453 g/mol. The van der Waals surface area contributed by atoms with Crippen molar-refractivity contribution < 1.29 is 43.1 Å². The average molecular weight is 453 g/mol. The second-order valence-corrected chi connectivity index (χ2v) is 9.13. The van der Waals surface area contributed by atoms with E-state index in [0.717, 1.165) is 5.56 Å². The quantitative estimate of drug-likeness (QED) is 0.452. The number of esters is 1. The van der Waals surface area contributed by atoms with Gasteiger partial charge in [-0.2, -0.15) is 0 Å². The molecule has 0 radical (unpaired) electrons. The minimum Gasteiger partial charge on any atom is -0.426 e. The molecule has 0 aliphatic carbocycles. The lowest BCUT2D eigenvalue weighted by Crippen LogP contribution is -2.58. The predicted molar refractivity (Wildman–Crippen MR) is 109 cm³/mol. The van der Waals surface area contributed by atoms with Crippen molar-refractivity contribution in [3.05, 3.63) is 35.9 Å². The van der Waals surface area contributed by atoms with Crippen molar-refractivity contribution in [2.45, 2.75) is 82.3 Å². The number of fused-ring (bicyclic) bond motifs is 1. The van der Waals surface area contributed by atoms with Crippen LogP contribution in [-0.2, 0) is 44.6 Å². The number of aliphatic hydroxyl groups is 1. The molecule has 178 valence electrons. The van der Waals surface area contributed by atoms with Crippen LogP contribution >= 0.6 is 0 Å². The van der Waals surface area contributed by atoms with E-state index in [1.54, 1.807) is 27.7 Å². The van der Waals surface area contributed by atoms with Crippen LogP contribution in [-0.4, -0.2) is 72.3 Å². The topological polar surface area (TPSA) is 128 Å². The summed E-state index contributed by atoms with van der Waals surface area (Å²) >= 11 is 0. The summed E-state index contributed by atoms with van der Waals surface area (Å²) in [4.78, 5) is 12.8.